The van der Waals surface area contributed by atoms with E-state index in [1.54, 1.807) is 6.07 Å². The molecule has 0 saturated heterocycles. The van der Waals surface area contributed by atoms with E-state index in [4.69, 9.17) is 4.74 Å². The molecule has 0 unspecified atom stereocenters. The van der Waals surface area contributed by atoms with Gasteiger partial charge in [-0.05, 0) is 87.8 Å². The predicted octanol–water partition coefficient (Wildman–Crippen LogP) is 5.17. The SMILES string of the molecule is O=COC1(CCCCc2cc(CCCCCCC3(C(=O)O)CC3)ccc2O)CC1. The predicted molar refractivity (Wildman–Crippen MR) is 111 cm³/mol. The fourth-order valence-electron chi connectivity index (χ4n) is 4.29. The second-order valence-electron chi connectivity index (χ2n) is 9.07. The normalized spacial score (nSPS) is 18.2. The molecule has 2 N–H and O–H groups in total. The second kappa shape index (κ2) is 9.64. The number of aromatic hydroxyl groups is 1. The Kier molecular flexibility index (Phi) is 7.20. The molecule has 0 radical (unpaired) electrons. The molecule has 2 fully saturated rings. The molecule has 2 aliphatic carbocycles. The molecule has 160 valence electrons. The lowest BCUT2D eigenvalue weighted by molar-refractivity contribution is -0.143. The molecule has 0 aromatic heterocycles. The van der Waals surface area contributed by atoms with Crippen LogP contribution in [0.15, 0.2) is 18.2 Å². The first kappa shape index (κ1) is 21.7. The summed E-state index contributed by atoms with van der Waals surface area (Å²) in [7, 11) is 0. The molecule has 3 rings (SSSR count). The summed E-state index contributed by atoms with van der Waals surface area (Å²) in [5, 5.41) is 19.3. The minimum absolute atomic E-state index is 0.185. The highest BCUT2D eigenvalue weighted by molar-refractivity contribution is 5.77. The Labute approximate surface area is 173 Å². The Morgan fingerprint density at radius 3 is 2.31 bits per heavy atom. The van der Waals surface area contributed by atoms with Crippen LogP contribution in [0.2, 0.25) is 0 Å². The molecule has 29 heavy (non-hydrogen) atoms. The van der Waals surface area contributed by atoms with Crippen molar-refractivity contribution in [1.29, 1.82) is 0 Å². The Hall–Kier alpha value is -2.04. The minimum Gasteiger partial charge on any atom is -0.508 e. The highest BCUT2D eigenvalue weighted by Crippen LogP contribution is 2.50. The van der Waals surface area contributed by atoms with E-state index in [0.29, 0.717) is 12.2 Å². The molecule has 2 aliphatic rings. The zero-order valence-electron chi connectivity index (χ0n) is 17.3. The monoisotopic (exact) mass is 402 g/mol. The number of phenolic OH excluding ortho intramolecular Hbond substituents is 1. The van der Waals surface area contributed by atoms with E-state index in [0.717, 1.165) is 95.5 Å². The average molecular weight is 403 g/mol. The van der Waals surface area contributed by atoms with Crippen molar-refractivity contribution in [3.63, 3.8) is 0 Å². The molecule has 0 bridgehead atoms. The smallest absolute Gasteiger partial charge is 0.309 e. The van der Waals surface area contributed by atoms with E-state index in [2.05, 4.69) is 6.07 Å². The fraction of sp³-hybridized carbons (Fsp3) is 0.667. The number of phenols is 1. The summed E-state index contributed by atoms with van der Waals surface area (Å²) in [6.07, 6.45) is 13.5. The third-order valence-corrected chi connectivity index (χ3v) is 6.76. The fourth-order valence-corrected chi connectivity index (χ4v) is 4.29. The summed E-state index contributed by atoms with van der Waals surface area (Å²) in [6, 6.07) is 5.92. The molecule has 1 aromatic carbocycles. The molecule has 0 aliphatic heterocycles. The van der Waals surface area contributed by atoms with E-state index in [1.807, 2.05) is 6.07 Å². The molecule has 5 heteroatoms. The summed E-state index contributed by atoms with van der Waals surface area (Å²) in [6.45, 7) is 0.568. The van der Waals surface area contributed by atoms with Crippen molar-refractivity contribution >= 4 is 12.4 Å². The maximum Gasteiger partial charge on any atom is 0.309 e. The Morgan fingerprint density at radius 1 is 0.966 bits per heavy atom. The van der Waals surface area contributed by atoms with Gasteiger partial charge in [-0.1, -0.05) is 31.4 Å². The number of carboxylic acid groups (broad SMARTS) is 1. The van der Waals surface area contributed by atoms with Crippen molar-refractivity contribution < 1.29 is 24.5 Å². The van der Waals surface area contributed by atoms with Crippen molar-refractivity contribution in [1.82, 2.24) is 0 Å². The van der Waals surface area contributed by atoms with E-state index < -0.39 is 5.97 Å². The van der Waals surface area contributed by atoms with Gasteiger partial charge in [0.2, 0.25) is 0 Å². The minimum atomic E-state index is -0.613. The average Bonchev–Trinajstić information content (AvgIpc) is 3.61. The third-order valence-electron chi connectivity index (χ3n) is 6.76. The Balaban J connectivity index is 1.32. The number of aliphatic carboxylic acids is 1. The van der Waals surface area contributed by atoms with Gasteiger partial charge in [-0.15, -0.1) is 0 Å². The van der Waals surface area contributed by atoms with Gasteiger partial charge in [-0.3, -0.25) is 9.59 Å². The number of hydrogen-bond acceptors (Lipinski definition) is 4. The molecule has 0 atom stereocenters. The van der Waals surface area contributed by atoms with E-state index in [9.17, 15) is 19.8 Å². The highest BCUT2D eigenvalue weighted by atomic mass is 16.5. The molecule has 1 aromatic rings. The van der Waals surface area contributed by atoms with Crippen molar-refractivity contribution in [2.75, 3.05) is 0 Å². The van der Waals surface area contributed by atoms with Gasteiger partial charge in [0, 0.05) is 0 Å². The van der Waals surface area contributed by atoms with Crippen LogP contribution in [0.3, 0.4) is 0 Å². The molecule has 5 nitrogen and oxygen atoms in total. The van der Waals surface area contributed by atoms with E-state index in [1.165, 1.54) is 5.56 Å². The van der Waals surface area contributed by atoms with Crippen LogP contribution in [-0.4, -0.2) is 28.3 Å². The van der Waals surface area contributed by atoms with Crippen LogP contribution in [0.5, 0.6) is 5.75 Å². The number of hydrogen-bond donors (Lipinski definition) is 2. The highest BCUT2D eigenvalue weighted by Gasteiger charge is 2.49. The summed E-state index contributed by atoms with van der Waals surface area (Å²) in [5.41, 5.74) is 1.69. The first-order valence-electron chi connectivity index (χ1n) is 11.1. The van der Waals surface area contributed by atoms with Crippen LogP contribution in [0, 0.1) is 5.41 Å². The molecule has 0 amide bonds. The van der Waals surface area contributed by atoms with E-state index in [-0.39, 0.29) is 11.0 Å². The van der Waals surface area contributed by atoms with Crippen LogP contribution >= 0.6 is 0 Å². The molecule has 2 saturated carbocycles. The van der Waals surface area contributed by atoms with Gasteiger partial charge in [-0.2, -0.15) is 0 Å². The number of rotatable bonds is 15. The third kappa shape index (κ3) is 6.22. The first-order chi connectivity index (χ1) is 14.0. The molecular formula is C24H34O5. The quantitative estimate of drug-likeness (QED) is 0.312. The number of unbranched alkanes of at least 4 members (excludes halogenated alkanes) is 4. The number of carbonyl (C=O) groups excluding carboxylic acids is 1. The van der Waals surface area contributed by atoms with Crippen molar-refractivity contribution in [2.45, 2.75) is 95.5 Å². The maximum atomic E-state index is 11.2. The van der Waals surface area contributed by atoms with Gasteiger partial charge < -0.3 is 14.9 Å². The zero-order chi connectivity index (χ0) is 20.7. The van der Waals surface area contributed by atoms with E-state index >= 15 is 0 Å². The van der Waals surface area contributed by atoms with Crippen LogP contribution < -0.4 is 0 Å². The number of carbonyl (C=O) groups is 2. The molecule has 0 heterocycles. The van der Waals surface area contributed by atoms with Crippen molar-refractivity contribution in [3.8, 4) is 5.75 Å². The van der Waals surface area contributed by atoms with Gasteiger partial charge in [0.1, 0.15) is 11.4 Å². The van der Waals surface area contributed by atoms with Crippen LogP contribution in [0.4, 0.5) is 0 Å². The summed E-state index contributed by atoms with van der Waals surface area (Å²) < 4.78 is 5.18. The standard InChI is InChI=1S/C24H34O5/c25-18-29-24(15-16-24)12-6-4-8-20-17-19(9-10-21(20)26)7-3-1-2-5-11-23(13-14-23)22(27)28/h9-10,17-18,26H,1-8,11-16H2,(H,27,28). The molecule has 0 spiro atoms. The largest absolute Gasteiger partial charge is 0.508 e. The van der Waals surface area contributed by atoms with Crippen molar-refractivity contribution in [3.05, 3.63) is 29.3 Å². The number of benzene rings is 1. The topological polar surface area (TPSA) is 83.8 Å². The maximum absolute atomic E-state index is 11.2. The number of ether oxygens (including phenoxy) is 1. The Bertz CT molecular complexity index is 703. The summed E-state index contributed by atoms with van der Waals surface area (Å²) >= 11 is 0. The number of aryl methyl sites for hydroxylation is 2. The lowest BCUT2D eigenvalue weighted by atomic mass is 9.96. The Morgan fingerprint density at radius 2 is 1.66 bits per heavy atom. The van der Waals surface area contributed by atoms with Crippen LogP contribution in [0.25, 0.3) is 0 Å². The molecular weight excluding hydrogens is 368 g/mol. The lowest BCUT2D eigenvalue weighted by Gasteiger charge is -2.13. The van der Waals surface area contributed by atoms with Gasteiger partial charge in [0.15, 0.2) is 0 Å². The summed E-state index contributed by atoms with van der Waals surface area (Å²) in [5.74, 6) is -0.250. The van der Waals surface area contributed by atoms with Gasteiger partial charge in [0.05, 0.1) is 5.41 Å². The lowest BCUT2D eigenvalue weighted by Crippen LogP contribution is -2.14. The van der Waals surface area contributed by atoms with Crippen LogP contribution in [0.1, 0.15) is 88.2 Å². The van der Waals surface area contributed by atoms with Crippen molar-refractivity contribution in [2.24, 2.45) is 5.41 Å². The van der Waals surface area contributed by atoms with Crippen LogP contribution in [-0.2, 0) is 27.2 Å². The number of carboxylic acids is 1. The second-order valence-corrected chi connectivity index (χ2v) is 9.07. The van der Waals surface area contributed by atoms with Gasteiger partial charge >= 0.3 is 5.97 Å². The first-order valence-corrected chi connectivity index (χ1v) is 11.1. The van der Waals surface area contributed by atoms with Gasteiger partial charge in [-0.25, -0.2) is 0 Å². The van der Waals surface area contributed by atoms with Gasteiger partial charge in [0.25, 0.3) is 6.47 Å². The zero-order valence-corrected chi connectivity index (χ0v) is 17.3. The summed E-state index contributed by atoms with van der Waals surface area (Å²) in [4.78, 5) is 21.7.